The van der Waals surface area contributed by atoms with Crippen LogP contribution in [0.5, 0.6) is 0 Å². The summed E-state index contributed by atoms with van der Waals surface area (Å²) in [4.78, 5) is -0.109. The average molecular weight is 313 g/mol. The Balaban J connectivity index is 3.02. The third-order valence-corrected chi connectivity index (χ3v) is 4.79. The quantitative estimate of drug-likeness (QED) is 0.837. The average Bonchev–Trinajstić information content (AvgIpc) is 2.21. The van der Waals surface area contributed by atoms with Gasteiger partial charge in [-0.15, -0.1) is 0 Å². The van der Waals surface area contributed by atoms with Crippen molar-refractivity contribution in [3.63, 3.8) is 0 Å². The van der Waals surface area contributed by atoms with Crippen molar-refractivity contribution >= 4 is 56.1 Å². The predicted molar refractivity (Wildman–Crippen MR) is 75.3 cm³/mol. The van der Waals surface area contributed by atoms with Crippen LogP contribution >= 0.6 is 35.4 Å². The van der Waals surface area contributed by atoms with Crippen LogP contribution in [0.1, 0.15) is 6.92 Å². The highest BCUT2D eigenvalue weighted by Gasteiger charge is 2.23. The molecule has 0 aliphatic heterocycles. The Hall–Kier alpha value is -0.560. The van der Waals surface area contributed by atoms with Gasteiger partial charge in [0.25, 0.3) is 0 Å². The molecule has 0 aliphatic carbocycles. The van der Waals surface area contributed by atoms with E-state index in [0.29, 0.717) is 5.02 Å². The first-order valence-electron chi connectivity index (χ1n) is 4.50. The monoisotopic (exact) mass is 312 g/mol. The van der Waals surface area contributed by atoms with Crippen molar-refractivity contribution in [3.05, 3.63) is 28.2 Å². The van der Waals surface area contributed by atoms with Crippen molar-refractivity contribution in [2.45, 2.75) is 12.2 Å². The number of nitrogens with two attached hydrogens (primary N) is 1. The second kappa shape index (κ2) is 5.39. The van der Waals surface area contributed by atoms with E-state index in [1.807, 2.05) is 0 Å². The van der Waals surface area contributed by atoms with Crippen LogP contribution in [0, 0.1) is 0 Å². The number of hydrogen-bond acceptors (Lipinski definition) is 3. The summed E-state index contributed by atoms with van der Waals surface area (Å²) in [6.07, 6.45) is 0. The van der Waals surface area contributed by atoms with E-state index in [9.17, 15) is 8.42 Å². The van der Waals surface area contributed by atoms with Gasteiger partial charge in [0, 0.05) is 5.02 Å². The highest BCUT2D eigenvalue weighted by molar-refractivity contribution is 7.95. The third kappa shape index (κ3) is 3.70. The van der Waals surface area contributed by atoms with Gasteiger partial charge in [0.05, 0.1) is 15.7 Å². The Morgan fingerprint density at radius 3 is 2.53 bits per heavy atom. The lowest BCUT2D eigenvalue weighted by Gasteiger charge is -2.14. The normalized spacial score (nSPS) is 13.1. The summed E-state index contributed by atoms with van der Waals surface area (Å²) < 4.78 is 25.9. The van der Waals surface area contributed by atoms with Gasteiger partial charge < -0.3 is 5.73 Å². The molecule has 0 heterocycles. The van der Waals surface area contributed by atoms with Crippen LogP contribution in [0.3, 0.4) is 0 Å². The SMILES string of the molecule is CC(C(N)=S)S(=O)(=O)Nc1ccc(Cl)cc1Cl. The van der Waals surface area contributed by atoms with E-state index in [0.717, 1.165) is 0 Å². The molecular formula is C9H10Cl2N2O2S2. The fraction of sp³-hybridized carbons (Fsp3) is 0.222. The molecule has 1 aromatic rings. The summed E-state index contributed by atoms with van der Waals surface area (Å²) in [6, 6.07) is 4.43. The number of sulfonamides is 1. The maximum absolute atomic E-state index is 11.8. The second-order valence-corrected chi connectivity index (χ2v) is 6.63. The first-order chi connectivity index (χ1) is 7.74. The van der Waals surface area contributed by atoms with Crippen molar-refractivity contribution in [1.82, 2.24) is 0 Å². The summed E-state index contributed by atoms with van der Waals surface area (Å²) in [5, 5.41) is -0.360. The van der Waals surface area contributed by atoms with E-state index in [-0.39, 0.29) is 15.7 Å². The molecule has 0 aliphatic rings. The summed E-state index contributed by atoms with van der Waals surface area (Å²) in [7, 11) is -3.69. The molecule has 94 valence electrons. The Morgan fingerprint density at radius 1 is 1.47 bits per heavy atom. The van der Waals surface area contributed by atoms with Gasteiger partial charge in [0.1, 0.15) is 5.25 Å². The molecule has 4 nitrogen and oxygen atoms in total. The molecule has 1 atom stereocenters. The molecule has 0 saturated carbocycles. The number of thiocarbonyl (C=S) groups is 1. The highest BCUT2D eigenvalue weighted by Crippen LogP contribution is 2.26. The molecule has 17 heavy (non-hydrogen) atoms. The molecule has 3 N–H and O–H groups in total. The second-order valence-electron chi connectivity index (χ2n) is 3.32. The van der Waals surface area contributed by atoms with E-state index in [1.165, 1.54) is 25.1 Å². The van der Waals surface area contributed by atoms with Crippen molar-refractivity contribution in [2.75, 3.05) is 4.72 Å². The van der Waals surface area contributed by atoms with Gasteiger partial charge in [-0.1, -0.05) is 35.4 Å². The van der Waals surface area contributed by atoms with Crippen molar-refractivity contribution < 1.29 is 8.42 Å². The molecule has 0 radical (unpaired) electrons. The van der Waals surface area contributed by atoms with Gasteiger partial charge in [-0.2, -0.15) is 0 Å². The molecule has 0 fully saturated rings. The van der Waals surface area contributed by atoms with Crippen LogP contribution in [0.15, 0.2) is 18.2 Å². The zero-order valence-electron chi connectivity index (χ0n) is 8.78. The molecule has 0 bridgehead atoms. The lowest BCUT2D eigenvalue weighted by Crippen LogP contribution is -2.35. The fourth-order valence-corrected chi connectivity index (χ4v) is 2.83. The number of rotatable bonds is 4. The Labute approximate surface area is 115 Å². The minimum atomic E-state index is -3.69. The van der Waals surface area contributed by atoms with E-state index < -0.39 is 15.3 Å². The lowest BCUT2D eigenvalue weighted by molar-refractivity contribution is 0.598. The molecule has 1 unspecified atom stereocenters. The number of halogens is 2. The number of anilines is 1. The maximum atomic E-state index is 11.8. The van der Waals surface area contributed by atoms with Crippen LogP contribution in [-0.2, 0) is 10.0 Å². The van der Waals surface area contributed by atoms with Gasteiger partial charge in [0.2, 0.25) is 10.0 Å². The number of benzene rings is 1. The Morgan fingerprint density at radius 2 is 2.06 bits per heavy atom. The molecule has 1 rings (SSSR count). The van der Waals surface area contributed by atoms with Crippen LogP contribution in [0.4, 0.5) is 5.69 Å². The third-order valence-electron chi connectivity index (χ3n) is 2.05. The predicted octanol–water partition coefficient (Wildman–Crippen LogP) is 2.41. The van der Waals surface area contributed by atoms with Gasteiger partial charge in [-0.25, -0.2) is 8.42 Å². The Bertz CT molecular complexity index is 546. The van der Waals surface area contributed by atoms with Gasteiger partial charge in [-0.3, -0.25) is 4.72 Å². The number of hydrogen-bond donors (Lipinski definition) is 2. The zero-order chi connectivity index (χ0) is 13.2. The van der Waals surface area contributed by atoms with Crippen molar-refractivity contribution in [2.24, 2.45) is 5.73 Å². The molecule has 0 amide bonds. The van der Waals surface area contributed by atoms with Gasteiger partial charge in [0.15, 0.2) is 0 Å². The topological polar surface area (TPSA) is 72.2 Å². The maximum Gasteiger partial charge on any atom is 0.241 e. The fourth-order valence-electron chi connectivity index (χ4n) is 0.967. The molecular weight excluding hydrogens is 303 g/mol. The molecule has 0 saturated heterocycles. The minimum Gasteiger partial charge on any atom is -0.392 e. The highest BCUT2D eigenvalue weighted by atomic mass is 35.5. The van der Waals surface area contributed by atoms with E-state index in [1.54, 1.807) is 0 Å². The summed E-state index contributed by atoms with van der Waals surface area (Å²) in [6.45, 7) is 1.40. The first kappa shape index (κ1) is 14.5. The molecule has 8 heteroatoms. The van der Waals surface area contributed by atoms with Crippen molar-refractivity contribution in [1.29, 1.82) is 0 Å². The van der Waals surface area contributed by atoms with Crippen LogP contribution in [0.25, 0.3) is 0 Å². The van der Waals surface area contributed by atoms with E-state index >= 15 is 0 Å². The van der Waals surface area contributed by atoms with E-state index in [2.05, 4.69) is 16.9 Å². The summed E-state index contributed by atoms with van der Waals surface area (Å²) in [5.41, 5.74) is 5.53. The Kier molecular flexibility index (Phi) is 4.60. The minimum absolute atomic E-state index is 0.109. The van der Waals surface area contributed by atoms with Crippen LogP contribution < -0.4 is 10.5 Å². The number of nitrogens with one attached hydrogen (secondary N) is 1. The summed E-state index contributed by atoms with van der Waals surface area (Å²) in [5.74, 6) is 0. The van der Waals surface area contributed by atoms with E-state index in [4.69, 9.17) is 28.9 Å². The van der Waals surface area contributed by atoms with Gasteiger partial charge in [-0.05, 0) is 25.1 Å². The van der Waals surface area contributed by atoms with Crippen LogP contribution in [-0.4, -0.2) is 18.7 Å². The van der Waals surface area contributed by atoms with Crippen molar-refractivity contribution in [3.8, 4) is 0 Å². The largest absolute Gasteiger partial charge is 0.392 e. The molecule has 0 aromatic heterocycles. The molecule has 0 spiro atoms. The summed E-state index contributed by atoms with van der Waals surface area (Å²) >= 11 is 16.2. The first-order valence-corrected chi connectivity index (χ1v) is 7.21. The molecule has 1 aromatic carbocycles. The van der Waals surface area contributed by atoms with Gasteiger partial charge >= 0.3 is 0 Å². The zero-order valence-corrected chi connectivity index (χ0v) is 11.9. The smallest absolute Gasteiger partial charge is 0.241 e. The lowest BCUT2D eigenvalue weighted by atomic mass is 10.3. The standard InChI is InChI=1S/C9H10Cl2N2O2S2/c1-5(9(12)16)17(14,15)13-8-3-2-6(10)4-7(8)11/h2-5,13H,1H3,(H2,12,16). The van der Waals surface area contributed by atoms with Crippen LogP contribution in [0.2, 0.25) is 10.0 Å².